The number of nitrogens with zero attached hydrogens (tertiary/aromatic N) is 1. The van der Waals surface area contributed by atoms with Gasteiger partial charge in [-0.3, -0.25) is 9.69 Å². The van der Waals surface area contributed by atoms with Crippen molar-refractivity contribution in [3.63, 3.8) is 0 Å². The van der Waals surface area contributed by atoms with E-state index in [0.717, 1.165) is 13.1 Å². The summed E-state index contributed by atoms with van der Waals surface area (Å²) >= 11 is 0. The van der Waals surface area contributed by atoms with Crippen LogP contribution in [0.1, 0.15) is 50.7 Å². The van der Waals surface area contributed by atoms with Gasteiger partial charge in [0.15, 0.2) is 0 Å². The summed E-state index contributed by atoms with van der Waals surface area (Å²) in [6, 6.07) is 9.21. The fourth-order valence-corrected chi connectivity index (χ4v) is 2.57. The molecule has 0 spiro atoms. The summed E-state index contributed by atoms with van der Waals surface area (Å²) in [5.41, 5.74) is 2.76. The van der Waals surface area contributed by atoms with Gasteiger partial charge in [0.25, 0.3) is 0 Å². The van der Waals surface area contributed by atoms with Crippen molar-refractivity contribution >= 4 is 5.78 Å². The van der Waals surface area contributed by atoms with Crippen LogP contribution in [0.4, 0.5) is 0 Å². The van der Waals surface area contributed by atoms with Crippen molar-refractivity contribution < 1.29 is 4.79 Å². The number of hydrogen-bond acceptors (Lipinski definition) is 2. The van der Waals surface area contributed by atoms with Crippen molar-refractivity contribution in [1.29, 1.82) is 0 Å². The molecule has 1 aromatic carbocycles. The number of benzene rings is 1. The predicted octanol–water partition coefficient (Wildman–Crippen LogP) is 3.36. The molecule has 18 heavy (non-hydrogen) atoms. The molecule has 2 nitrogen and oxygen atoms in total. The summed E-state index contributed by atoms with van der Waals surface area (Å²) in [6.45, 7) is 8.48. The fraction of sp³-hybridized carbons (Fsp3) is 0.562. The normalized spacial score (nSPS) is 21.6. The van der Waals surface area contributed by atoms with Gasteiger partial charge >= 0.3 is 0 Å². The number of Topliss-reactive ketones (excluding diaryl/α,β-unsaturated/α-hetero) is 1. The van der Waals surface area contributed by atoms with Crippen LogP contribution in [-0.4, -0.2) is 23.3 Å². The van der Waals surface area contributed by atoms with Gasteiger partial charge in [-0.2, -0.15) is 0 Å². The Morgan fingerprint density at radius 2 is 2.17 bits per heavy atom. The summed E-state index contributed by atoms with van der Waals surface area (Å²) < 4.78 is 0. The van der Waals surface area contributed by atoms with Crippen LogP contribution in [0, 0.1) is 0 Å². The highest BCUT2D eigenvalue weighted by Gasteiger charge is 2.23. The number of ketones is 1. The van der Waals surface area contributed by atoms with Gasteiger partial charge < -0.3 is 0 Å². The smallest absolute Gasteiger partial charge is 0.135 e. The van der Waals surface area contributed by atoms with Crippen LogP contribution in [0.5, 0.6) is 0 Å². The van der Waals surface area contributed by atoms with Crippen LogP contribution in [0.15, 0.2) is 24.3 Å². The lowest BCUT2D eigenvalue weighted by molar-refractivity contribution is -0.123. The molecule has 1 saturated heterocycles. The first-order valence-corrected chi connectivity index (χ1v) is 6.91. The van der Waals surface area contributed by atoms with E-state index in [9.17, 15) is 4.79 Å². The third-order valence-corrected chi connectivity index (χ3v) is 3.83. The van der Waals surface area contributed by atoms with Crippen molar-refractivity contribution in [2.45, 2.75) is 52.1 Å². The molecule has 1 atom stereocenters. The molecule has 0 aliphatic carbocycles. The molecular formula is C16H23NO. The quantitative estimate of drug-likeness (QED) is 0.814. The van der Waals surface area contributed by atoms with Crippen LogP contribution in [0.2, 0.25) is 0 Å². The first kappa shape index (κ1) is 13.3. The van der Waals surface area contributed by atoms with Crippen molar-refractivity contribution in [3.05, 3.63) is 35.4 Å². The first-order valence-electron chi connectivity index (χ1n) is 6.91. The van der Waals surface area contributed by atoms with Crippen LogP contribution in [0.3, 0.4) is 0 Å². The van der Waals surface area contributed by atoms with Crippen LogP contribution < -0.4 is 0 Å². The molecule has 0 bridgehead atoms. The van der Waals surface area contributed by atoms with Crippen LogP contribution in [0.25, 0.3) is 0 Å². The molecule has 0 amide bonds. The lowest BCUT2D eigenvalue weighted by Crippen LogP contribution is -2.40. The molecule has 0 saturated carbocycles. The SMILES string of the molecule is CC(C)c1cccc(CN2CCC(=O)CC2C)c1. The van der Waals surface area contributed by atoms with Gasteiger partial charge in [-0.05, 0) is 24.0 Å². The summed E-state index contributed by atoms with van der Waals surface area (Å²) in [5.74, 6) is 0.986. The second-order valence-electron chi connectivity index (χ2n) is 5.71. The van der Waals surface area contributed by atoms with E-state index < -0.39 is 0 Å². The molecule has 2 rings (SSSR count). The van der Waals surface area contributed by atoms with Gasteiger partial charge in [-0.15, -0.1) is 0 Å². The maximum atomic E-state index is 11.4. The molecule has 2 heteroatoms. The molecule has 1 unspecified atom stereocenters. The van der Waals surface area contributed by atoms with E-state index >= 15 is 0 Å². The molecule has 1 aliphatic heterocycles. The summed E-state index contributed by atoms with van der Waals surface area (Å²) in [6.07, 6.45) is 1.43. The number of piperidine rings is 1. The summed E-state index contributed by atoms with van der Waals surface area (Å²) in [7, 11) is 0. The van der Waals surface area contributed by atoms with E-state index in [1.165, 1.54) is 11.1 Å². The van der Waals surface area contributed by atoms with Crippen molar-refractivity contribution in [1.82, 2.24) is 4.90 Å². The van der Waals surface area contributed by atoms with Crippen molar-refractivity contribution in [2.75, 3.05) is 6.54 Å². The Kier molecular flexibility index (Phi) is 4.18. The number of carbonyl (C=O) groups excluding carboxylic acids is 1. The third-order valence-electron chi connectivity index (χ3n) is 3.83. The highest BCUT2D eigenvalue weighted by Crippen LogP contribution is 2.20. The van der Waals surface area contributed by atoms with Gasteiger partial charge in [0.05, 0.1) is 0 Å². The Balaban J connectivity index is 2.05. The summed E-state index contributed by atoms with van der Waals surface area (Å²) in [5, 5.41) is 0. The predicted molar refractivity (Wildman–Crippen MR) is 74.6 cm³/mol. The highest BCUT2D eigenvalue weighted by molar-refractivity contribution is 5.79. The number of likely N-dealkylation sites (tertiary alicyclic amines) is 1. The maximum absolute atomic E-state index is 11.4. The zero-order valence-corrected chi connectivity index (χ0v) is 11.6. The second kappa shape index (κ2) is 5.66. The third kappa shape index (κ3) is 3.20. The van der Waals surface area contributed by atoms with E-state index in [1.54, 1.807) is 0 Å². The minimum Gasteiger partial charge on any atom is -0.300 e. The van der Waals surface area contributed by atoms with Crippen LogP contribution >= 0.6 is 0 Å². The Morgan fingerprint density at radius 3 is 2.83 bits per heavy atom. The van der Waals surface area contributed by atoms with Gasteiger partial charge in [-0.25, -0.2) is 0 Å². The molecule has 0 N–H and O–H groups in total. The molecule has 1 aromatic rings. The fourth-order valence-electron chi connectivity index (χ4n) is 2.57. The molecule has 0 radical (unpaired) electrons. The van der Waals surface area contributed by atoms with E-state index in [1.807, 2.05) is 0 Å². The van der Waals surface area contributed by atoms with E-state index in [4.69, 9.17) is 0 Å². The zero-order valence-electron chi connectivity index (χ0n) is 11.6. The lowest BCUT2D eigenvalue weighted by atomic mass is 9.98. The highest BCUT2D eigenvalue weighted by atomic mass is 16.1. The number of hydrogen-bond donors (Lipinski definition) is 0. The van der Waals surface area contributed by atoms with Gasteiger partial charge in [-0.1, -0.05) is 38.1 Å². The van der Waals surface area contributed by atoms with Gasteiger partial charge in [0, 0.05) is 32.0 Å². The Labute approximate surface area is 110 Å². The minimum atomic E-state index is 0.383. The number of carbonyl (C=O) groups is 1. The molecule has 0 aromatic heterocycles. The second-order valence-corrected chi connectivity index (χ2v) is 5.71. The van der Waals surface area contributed by atoms with E-state index in [2.05, 4.69) is 49.9 Å². The van der Waals surface area contributed by atoms with Crippen LogP contribution in [-0.2, 0) is 11.3 Å². The van der Waals surface area contributed by atoms with Crippen molar-refractivity contribution in [2.24, 2.45) is 0 Å². The first-order chi connectivity index (χ1) is 8.56. The Hall–Kier alpha value is -1.15. The average Bonchev–Trinajstić information content (AvgIpc) is 2.33. The molecular weight excluding hydrogens is 222 g/mol. The Morgan fingerprint density at radius 1 is 1.39 bits per heavy atom. The van der Waals surface area contributed by atoms with Crippen molar-refractivity contribution in [3.8, 4) is 0 Å². The topological polar surface area (TPSA) is 20.3 Å². The number of rotatable bonds is 3. The van der Waals surface area contributed by atoms with E-state index in [0.29, 0.717) is 30.6 Å². The average molecular weight is 245 g/mol. The molecule has 1 fully saturated rings. The molecule has 1 aliphatic rings. The standard InChI is InChI=1S/C16H23NO/c1-12(2)15-6-4-5-14(10-15)11-17-8-7-16(18)9-13(17)3/h4-6,10,12-13H,7-9,11H2,1-3H3. The molecule has 1 heterocycles. The maximum Gasteiger partial charge on any atom is 0.135 e. The molecule has 98 valence electrons. The lowest BCUT2D eigenvalue weighted by Gasteiger charge is -2.32. The minimum absolute atomic E-state index is 0.383. The summed E-state index contributed by atoms with van der Waals surface area (Å²) in [4.78, 5) is 13.8. The van der Waals surface area contributed by atoms with E-state index in [-0.39, 0.29) is 0 Å². The largest absolute Gasteiger partial charge is 0.300 e. The van der Waals surface area contributed by atoms with Gasteiger partial charge in [0.1, 0.15) is 5.78 Å². The zero-order chi connectivity index (χ0) is 13.1. The van der Waals surface area contributed by atoms with Gasteiger partial charge in [0.2, 0.25) is 0 Å². The monoisotopic (exact) mass is 245 g/mol. The Bertz CT molecular complexity index is 425.